The highest BCUT2D eigenvalue weighted by atomic mass is 35.5. The lowest BCUT2D eigenvalue weighted by molar-refractivity contribution is 0.00681. The van der Waals surface area contributed by atoms with Crippen LogP contribution in [0.3, 0.4) is 0 Å². The van der Waals surface area contributed by atoms with E-state index in [0.717, 1.165) is 27.9 Å². The van der Waals surface area contributed by atoms with Gasteiger partial charge < -0.3 is 26.3 Å². The lowest BCUT2D eigenvalue weighted by atomic mass is 9.97. The number of ether oxygens (including phenoxy) is 2. The minimum absolute atomic E-state index is 0.0118. The number of nitrogens with zero attached hydrogens (tertiary/aromatic N) is 3. The minimum Gasteiger partial charge on any atom is -0.464 e. The molecule has 0 saturated heterocycles. The van der Waals surface area contributed by atoms with E-state index >= 15 is 0 Å². The van der Waals surface area contributed by atoms with Crippen LogP contribution < -0.4 is 16.8 Å². The molecule has 6 rings (SSSR count). The molecule has 2 heterocycles. The summed E-state index contributed by atoms with van der Waals surface area (Å²) in [5.41, 5.74) is 15.9. The first kappa shape index (κ1) is 37.7. The molecule has 0 bridgehead atoms. The van der Waals surface area contributed by atoms with Crippen molar-refractivity contribution in [1.82, 2.24) is 19.9 Å². The molecule has 3 aromatic carbocycles. The number of aromatic nitrogens is 3. The van der Waals surface area contributed by atoms with Crippen LogP contribution in [0.2, 0.25) is 5.02 Å². The standard InChI is InChI=1S/C32H31ClN4O6.C7H10N2/c1-17-19-12-13-24(21(19)11-10-20(17)30(40)43-32(2,3)4)36-29(39)26-15-25(31(41)42-5)35-28-22(16-34-37(26)28)27(38)14-18-8-6-7-9-23(18)33;8-5-6-2-1-3-7(9)4-6/h6-11,15-16,24H,12-14H2,1-5H3,(H,36,39);1-4H,5,8-9H2/t24-;/m0./s1. The first-order valence-electron chi connectivity index (χ1n) is 16.7. The molecule has 0 spiro atoms. The predicted molar refractivity (Wildman–Crippen MR) is 197 cm³/mol. The normalized spacial score (nSPS) is 13.5. The Balaban J connectivity index is 0.000000507. The van der Waals surface area contributed by atoms with Gasteiger partial charge in [-0.1, -0.05) is 48.0 Å². The van der Waals surface area contributed by atoms with Gasteiger partial charge in [0, 0.05) is 29.7 Å². The van der Waals surface area contributed by atoms with Crippen LogP contribution in [0.4, 0.5) is 5.69 Å². The zero-order chi connectivity index (χ0) is 37.7. The monoisotopic (exact) mass is 724 g/mol. The second kappa shape index (κ2) is 15.7. The summed E-state index contributed by atoms with van der Waals surface area (Å²) in [6, 6.07) is 19.1. The molecule has 52 heavy (non-hydrogen) atoms. The lowest BCUT2D eigenvalue weighted by Crippen LogP contribution is -2.30. The molecule has 0 saturated carbocycles. The number of ketones is 1. The van der Waals surface area contributed by atoms with Crippen molar-refractivity contribution in [3.05, 3.63) is 128 Å². The number of Topliss-reactive ketones (excluding diaryl/α,β-unsaturated/α-hetero) is 1. The fraction of sp³-hybridized carbons (Fsp3) is 0.282. The number of carbonyl (C=O) groups is 4. The second-order valence-electron chi connectivity index (χ2n) is 13.3. The van der Waals surface area contributed by atoms with Crippen LogP contribution in [-0.2, 0) is 28.9 Å². The van der Waals surface area contributed by atoms with Gasteiger partial charge in [0.1, 0.15) is 11.3 Å². The molecule has 13 heteroatoms. The Morgan fingerprint density at radius 1 is 1.00 bits per heavy atom. The van der Waals surface area contributed by atoms with Gasteiger partial charge in [-0.2, -0.15) is 5.10 Å². The third-order valence-electron chi connectivity index (χ3n) is 8.51. The minimum atomic E-state index is -0.765. The summed E-state index contributed by atoms with van der Waals surface area (Å²) in [4.78, 5) is 56.5. The number of rotatable bonds is 8. The Bertz CT molecular complexity index is 2170. The van der Waals surface area contributed by atoms with Gasteiger partial charge in [0.25, 0.3) is 5.91 Å². The van der Waals surface area contributed by atoms with Crippen LogP contribution in [0.25, 0.3) is 5.65 Å². The van der Waals surface area contributed by atoms with Crippen molar-refractivity contribution in [2.75, 3.05) is 12.8 Å². The van der Waals surface area contributed by atoms with Crippen molar-refractivity contribution in [3.8, 4) is 0 Å². The van der Waals surface area contributed by atoms with E-state index in [4.69, 9.17) is 32.5 Å². The molecule has 0 fully saturated rings. The molecule has 12 nitrogen and oxygen atoms in total. The molecule has 0 radical (unpaired) electrons. The van der Waals surface area contributed by atoms with E-state index in [9.17, 15) is 19.2 Å². The van der Waals surface area contributed by atoms with Crippen molar-refractivity contribution >= 4 is 46.6 Å². The van der Waals surface area contributed by atoms with E-state index < -0.39 is 23.4 Å². The van der Waals surface area contributed by atoms with Gasteiger partial charge in [-0.05, 0) is 92.6 Å². The number of hydrogen-bond acceptors (Lipinski definition) is 10. The first-order chi connectivity index (χ1) is 24.7. The van der Waals surface area contributed by atoms with Gasteiger partial charge in [-0.25, -0.2) is 19.1 Å². The van der Waals surface area contributed by atoms with Crippen LogP contribution in [0.5, 0.6) is 0 Å². The van der Waals surface area contributed by atoms with Crippen molar-refractivity contribution in [2.24, 2.45) is 5.73 Å². The molecular formula is C39H41ClN6O6. The Kier molecular flexibility index (Phi) is 11.4. The molecule has 2 aromatic heterocycles. The van der Waals surface area contributed by atoms with Gasteiger partial charge in [0.2, 0.25) is 0 Å². The summed E-state index contributed by atoms with van der Waals surface area (Å²) < 4.78 is 11.7. The van der Waals surface area contributed by atoms with Crippen molar-refractivity contribution in [2.45, 2.75) is 65.1 Å². The number of nitrogen functional groups attached to an aromatic ring is 1. The first-order valence-corrected chi connectivity index (χ1v) is 17.0. The second-order valence-corrected chi connectivity index (χ2v) is 13.7. The van der Waals surface area contributed by atoms with E-state index in [1.807, 2.05) is 58.0 Å². The molecule has 0 aliphatic heterocycles. The van der Waals surface area contributed by atoms with Gasteiger partial charge in [0.05, 0.1) is 30.5 Å². The lowest BCUT2D eigenvalue weighted by Gasteiger charge is -2.21. The van der Waals surface area contributed by atoms with Crippen LogP contribution in [0, 0.1) is 6.92 Å². The number of anilines is 1. The number of methoxy groups -OCH3 is 1. The largest absolute Gasteiger partial charge is 0.464 e. The predicted octanol–water partition coefficient (Wildman–Crippen LogP) is 6.00. The van der Waals surface area contributed by atoms with Gasteiger partial charge >= 0.3 is 11.9 Å². The SMILES string of the molecule is COC(=O)c1cc(C(=O)N[C@H]2CCc3c2ccc(C(=O)OC(C)(C)C)c3C)n2ncc(C(=O)Cc3ccccc3Cl)c2n1.NCc1cccc(N)c1. The fourth-order valence-corrected chi connectivity index (χ4v) is 6.18. The summed E-state index contributed by atoms with van der Waals surface area (Å²) in [6.07, 6.45) is 2.57. The van der Waals surface area contributed by atoms with Gasteiger partial charge in [-0.3, -0.25) is 9.59 Å². The average Bonchev–Trinajstić information content (AvgIpc) is 3.73. The number of halogens is 1. The highest BCUT2D eigenvalue weighted by Gasteiger charge is 2.31. The van der Waals surface area contributed by atoms with Crippen LogP contribution >= 0.6 is 11.6 Å². The molecule has 0 unspecified atom stereocenters. The van der Waals surface area contributed by atoms with Crippen LogP contribution in [-0.4, -0.2) is 50.9 Å². The fourth-order valence-electron chi connectivity index (χ4n) is 5.98. The number of amides is 1. The topological polar surface area (TPSA) is 181 Å². The van der Waals surface area contributed by atoms with Gasteiger partial charge in [0.15, 0.2) is 17.1 Å². The Hall–Kier alpha value is -5.59. The molecule has 270 valence electrons. The Labute approximate surface area is 306 Å². The van der Waals surface area contributed by atoms with Crippen molar-refractivity contribution in [3.63, 3.8) is 0 Å². The summed E-state index contributed by atoms with van der Waals surface area (Å²) in [6.45, 7) is 7.89. The van der Waals surface area contributed by atoms with E-state index in [0.29, 0.717) is 35.5 Å². The summed E-state index contributed by atoms with van der Waals surface area (Å²) >= 11 is 6.25. The summed E-state index contributed by atoms with van der Waals surface area (Å²) in [5.74, 6) is -2.01. The molecule has 1 aliphatic rings. The van der Waals surface area contributed by atoms with Crippen LogP contribution in [0.1, 0.15) is 103 Å². The zero-order valence-corrected chi connectivity index (χ0v) is 30.4. The third kappa shape index (κ3) is 8.47. The highest BCUT2D eigenvalue weighted by molar-refractivity contribution is 6.31. The maximum Gasteiger partial charge on any atom is 0.356 e. The molecule has 1 amide bonds. The highest BCUT2D eigenvalue weighted by Crippen LogP contribution is 2.35. The molecule has 5 N–H and O–H groups in total. The number of carbonyl (C=O) groups excluding carboxylic acids is 4. The molecule has 5 aromatic rings. The van der Waals surface area contributed by atoms with Crippen molar-refractivity contribution < 1.29 is 28.7 Å². The smallest absolute Gasteiger partial charge is 0.356 e. The van der Waals surface area contributed by atoms with E-state index in [-0.39, 0.29) is 40.8 Å². The number of nitrogens with two attached hydrogens (primary N) is 2. The number of nitrogens with one attached hydrogen (secondary N) is 1. The maximum absolute atomic E-state index is 13.7. The maximum atomic E-state index is 13.7. The number of esters is 2. The third-order valence-corrected chi connectivity index (χ3v) is 8.88. The number of fused-ring (bicyclic) bond motifs is 2. The van der Waals surface area contributed by atoms with Crippen molar-refractivity contribution in [1.29, 1.82) is 0 Å². The van der Waals surface area contributed by atoms with E-state index in [2.05, 4.69) is 15.4 Å². The average molecular weight is 725 g/mol. The Morgan fingerprint density at radius 2 is 1.75 bits per heavy atom. The Morgan fingerprint density at radius 3 is 2.40 bits per heavy atom. The van der Waals surface area contributed by atoms with E-state index in [1.165, 1.54) is 23.9 Å². The van der Waals surface area contributed by atoms with Crippen LogP contribution in [0.15, 0.2) is 72.9 Å². The summed E-state index contributed by atoms with van der Waals surface area (Å²) in [7, 11) is 1.21. The van der Waals surface area contributed by atoms with E-state index in [1.54, 1.807) is 30.3 Å². The number of benzene rings is 3. The molecule has 1 atom stereocenters. The summed E-state index contributed by atoms with van der Waals surface area (Å²) in [5, 5.41) is 7.75. The number of hydrogen-bond donors (Lipinski definition) is 3. The van der Waals surface area contributed by atoms with Gasteiger partial charge in [-0.15, -0.1) is 0 Å². The zero-order valence-electron chi connectivity index (χ0n) is 29.7. The molecule has 1 aliphatic carbocycles. The quantitative estimate of drug-likeness (QED) is 0.0975. The molecular weight excluding hydrogens is 684 g/mol.